The zero-order chi connectivity index (χ0) is 21.6. The smallest absolute Gasteiger partial charge is 0.311 e. The van der Waals surface area contributed by atoms with E-state index in [1.807, 2.05) is 0 Å². The van der Waals surface area contributed by atoms with E-state index in [0.29, 0.717) is 12.5 Å². The zero-order valence-electron chi connectivity index (χ0n) is 18.9. The third-order valence-corrected chi connectivity index (χ3v) is 8.74. The van der Waals surface area contributed by atoms with Crippen molar-refractivity contribution in [3.63, 3.8) is 0 Å². The molecule has 1 aromatic rings. The predicted molar refractivity (Wildman–Crippen MR) is 120 cm³/mol. The number of rotatable bonds is 4. The molecule has 2 heterocycles. The minimum absolute atomic E-state index is 0.0856. The molecule has 1 N–H and O–H groups in total. The van der Waals surface area contributed by atoms with Crippen molar-refractivity contribution in [1.82, 2.24) is 9.80 Å². The van der Waals surface area contributed by atoms with Crippen LogP contribution in [0.5, 0.6) is 0 Å². The fourth-order valence-corrected chi connectivity index (χ4v) is 6.52. The number of esters is 1. The molecule has 5 heteroatoms. The first-order valence-corrected chi connectivity index (χ1v) is 12.0. The number of benzene rings is 1. The van der Waals surface area contributed by atoms with Gasteiger partial charge in [-0.15, -0.1) is 0 Å². The lowest BCUT2D eigenvalue weighted by Gasteiger charge is -2.52. The van der Waals surface area contributed by atoms with Crippen molar-refractivity contribution in [2.24, 2.45) is 23.2 Å². The second-order valence-corrected chi connectivity index (χ2v) is 10.4. The molecule has 0 radical (unpaired) electrons. The van der Waals surface area contributed by atoms with Crippen molar-refractivity contribution in [3.8, 4) is 0 Å². The largest absolute Gasteiger partial charge is 0.461 e. The van der Waals surface area contributed by atoms with Crippen LogP contribution in [0.2, 0.25) is 0 Å². The molecule has 1 aromatic carbocycles. The quantitative estimate of drug-likeness (QED) is 0.595. The van der Waals surface area contributed by atoms with E-state index in [2.05, 4.69) is 60.1 Å². The molecule has 2 saturated heterocycles. The Kier molecular flexibility index (Phi) is 5.70. The fraction of sp³-hybridized carbons (Fsp3) is 0.654. The van der Waals surface area contributed by atoms with Gasteiger partial charge in [-0.25, -0.2) is 0 Å². The van der Waals surface area contributed by atoms with Gasteiger partial charge in [-0.2, -0.15) is 0 Å². The number of fused-ring (bicyclic) bond motifs is 2. The van der Waals surface area contributed by atoms with E-state index in [1.165, 1.54) is 11.1 Å². The number of nitrogens with zero attached hydrogens (tertiary/aromatic N) is 2. The lowest BCUT2D eigenvalue weighted by atomic mass is 9.55. The summed E-state index contributed by atoms with van der Waals surface area (Å²) < 4.78 is 5.84. The Balaban J connectivity index is 1.24. The van der Waals surface area contributed by atoms with Gasteiger partial charge in [0.1, 0.15) is 6.10 Å². The molecular formula is C26H36N2O3. The molecule has 0 spiro atoms. The van der Waals surface area contributed by atoms with Crippen molar-refractivity contribution in [1.29, 1.82) is 0 Å². The molecule has 0 unspecified atom stereocenters. The van der Waals surface area contributed by atoms with Gasteiger partial charge in [0.15, 0.2) is 0 Å². The zero-order valence-corrected chi connectivity index (χ0v) is 18.9. The van der Waals surface area contributed by atoms with Crippen LogP contribution in [-0.4, -0.2) is 65.8 Å². The molecule has 2 aliphatic carbocycles. The fourth-order valence-electron chi connectivity index (χ4n) is 6.52. The van der Waals surface area contributed by atoms with E-state index >= 15 is 0 Å². The molecule has 0 amide bonds. The first-order chi connectivity index (χ1) is 15.0. The maximum Gasteiger partial charge on any atom is 0.311 e. The van der Waals surface area contributed by atoms with Gasteiger partial charge in [-0.1, -0.05) is 55.8 Å². The number of hydrogen-bond acceptors (Lipinski definition) is 5. The number of ether oxygens (including phenoxy) is 1. The number of allylic oxidation sites excluding steroid dienone is 1. The Hall–Kier alpha value is -1.69. The molecule has 1 saturated carbocycles. The highest BCUT2D eigenvalue weighted by Crippen LogP contribution is 2.56. The number of aliphatic hydroxyl groups excluding tert-OH is 1. The molecule has 31 heavy (non-hydrogen) atoms. The van der Waals surface area contributed by atoms with Crippen molar-refractivity contribution >= 4 is 5.97 Å². The van der Waals surface area contributed by atoms with E-state index in [1.54, 1.807) is 0 Å². The highest BCUT2D eigenvalue weighted by molar-refractivity contribution is 5.76. The summed E-state index contributed by atoms with van der Waals surface area (Å²) in [5.41, 5.74) is 2.44. The van der Waals surface area contributed by atoms with Gasteiger partial charge in [0, 0.05) is 57.0 Å². The summed E-state index contributed by atoms with van der Waals surface area (Å²) in [4.78, 5) is 17.8. The van der Waals surface area contributed by atoms with Gasteiger partial charge in [0.2, 0.25) is 0 Å². The maximum atomic E-state index is 12.9. The average Bonchev–Trinajstić information content (AvgIpc) is 3.07. The second kappa shape index (κ2) is 8.34. The lowest BCUT2D eigenvalue weighted by molar-refractivity contribution is -0.145. The molecule has 2 aliphatic heterocycles. The normalized spacial score (nSPS) is 38.9. The lowest BCUT2D eigenvalue weighted by Crippen LogP contribution is -2.55. The van der Waals surface area contributed by atoms with E-state index < -0.39 is 6.10 Å². The number of aliphatic hydroxyl groups is 1. The average molecular weight is 425 g/mol. The molecule has 0 aromatic heterocycles. The monoisotopic (exact) mass is 424 g/mol. The number of carbonyl (C=O) groups is 1. The van der Waals surface area contributed by atoms with Crippen LogP contribution in [0.15, 0.2) is 42.0 Å². The minimum atomic E-state index is -0.511. The summed E-state index contributed by atoms with van der Waals surface area (Å²) in [6.07, 6.45) is 4.61. The molecule has 3 fully saturated rings. The van der Waals surface area contributed by atoms with Gasteiger partial charge in [0.05, 0.1) is 12.0 Å². The summed E-state index contributed by atoms with van der Waals surface area (Å²) in [5, 5.41) is 11.5. The SMILES string of the molecule is C[C@@H]1CCC=C2C[C@H]3OC(=O)[C@H](CN4CCN(Cc5ccccc5)CC4)[C@H]3[C@@H](O)[C@@]21C. The predicted octanol–water partition coefficient (Wildman–Crippen LogP) is 3.09. The molecule has 4 aliphatic rings. The van der Waals surface area contributed by atoms with Gasteiger partial charge in [0.25, 0.3) is 0 Å². The molecule has 5 nitrogen and oxygen atoms in total. The highest BCUT2D eigenvalue weighted by Gasteiger charge is 2.59. The minimum Gasteiger partial charge on any atom is -0.461 e. The third-order valence-electron chi connectivity index (χ3n) is 8.74. The van der Waals surface area contributed by atoms with Gasteiger partial charge < -0.3 is 9.84 Å². The van der Waals surface area contributed by atoms with Crippen molar-refractivity contribution < 1.29 is 14.6 Å². The summed E-state index contributed by atoms with van der Waals surface area (Å²) in [7, 11) is 0. The highest BCUT2D eigenvalue weighted by atomic mass is 16.6. The standard InChI is InChI=1S/C26H36N2O3/c1-18-7-6-10-20-15-22-23(24(29)26(18,20)2)21(25(30)31-22)17-28-13-11-27(12-14-28)16-19-8-4-3-5-9-19/h3-5,8-10,18,21-24,29H,6-7,11-17H2,1-2H3/t18-,21-,22-,23-,24-,26-/m1/s1. The Morgan fingerprint density at radius 2 is 1.84 bits per heavy atom. The van der Waals surface area contributed by atoms with Crippen LogP contribution in [0.3, 0.4) is 0 Å². The Bertz CT molecular complexity index is 832. The Morgan fingerprint density at radius 1 is 1.13 bits per heavy atom. The summed E-state index contributed by atoms with van der Waals surface area (Å²) in [5.74, 6) is 0.0309. The molecule has 168 valence electrons. The van der Waals surface area contributed by atoms with Crippen LogP contribution in [0.25, 0.3) is 0 Å². The van der Waals surface area contributed by atoms with Crippen molar-refractivity contribution in [3.05, 3.63) is 47.5 Å². The summed E-state index contributed by atoms with van der Waals surface area (Å²) in [6, 6.07) is 10.6. The maximum absolute atomic E-state index is 12.9. The van der Waals surface area contributed by atoms with Crippen molar-refractivity contribution in [2.45, 2.75) is 51.9 Å². The molecular weight excluding hydrogens is 388 g/mol. The molecule has 0 bridgehead atoms. The van der Waals surface area contributed by atoms with Crippen LogP contribution in [0.4, 0.5) is 0 Å². The molecule has 5 rings (SSSR count). The molecule has 6 atom stereocenters. The number of piperazine rings is 1. The first kappa shape index (κ1) is 21.2. The first-order valence-electron chi connectivity index (χ1n) is 12.0. The van der Waals surface area contributed by atoms with Crippen LogP contribution >= 0.6 is 0 Å². The van der Waals surface area contributed by atoms with Crippen LogP contribution in [-0.2, 0) is 16.1 Å². The van der Waals surface area contributed by atoms with Gasteiger partial charge in [-0.05, 0) is 24.3 Å². The number of hydrogen-bond donors (Lipinski definition) is 1. The summed E-state index contributed by atoms with van der Waals surface area (Å²) in [6.45, 7) is 10.1. The van der Waals surface area contributed by atoms with Crippen molar-refractivity contribution in [2.75, 3.05) is 32.7 Å². The van der Waals surface area contributed by atoms with Crippen LogP contribution in [0, 0.1) is 23.2 Å². The van der Waals surface area contributed by atoms with Crippen LogP contribution < -0.4 is 0 Å². The van der Waals surface area contributed by atoms with E-state index in [0.717, 1.165) is 52.0 Å². The van der Waals surface area contributed by atoms with Gasteiger partial charge >= 0.3 is 5.97 Å². The number of carbonyl (C=O) groups excluding carboxylic acids is 1. The van der Waals surface area contributed by atoms with Gasteiger partial charge in [-0.3, -0.25) is 14.6 Å². The third kappa shape index (κ3) is 3.75. The topological polar surface area (TPSA) is 53.0 Å². The summed E-state index contributed by atoms with van der Waals surface area (Å²) >= 11 is 0. The Morgan fingerprint density at radius 3 is 2.58 bits per heavy atom. The van der Waals surface area contributed by atoms with Crippen LogP contribution in [0.1, 0.15) is 38.7 Å². The van der Waals surface area contributed by atoms with E-state index in [4.69, 9.17) is 4.74 Å². The second-order valence-electron chi connectivity index (χ2n) is 10.4. The van der Waals surface area contributed by atoms with E-state index in [-0.39, 0.29) is 29.3 Å². The van der Waals surface area contributed by atoms with E-state index in [9.17, 15) is 9.90 Å². The Labute approximate surface area is 186 Å².